The Hall–Kier alpha value is -9.01. The number of carbonyl (C=O) groups is 8. The van der Waals surface area contributed by atoms with Crippen LogP contribution in [0.5, 0.6) is 34.5 Å². The van der Waals surface area contributed by atoms with E-state index in [0.29, 0.717) is 31.1 Å². The van der Waals surface area contributed by atoms with Crippen molar-refractivity contribution < 1.29 is 121 Å². The first-order chi connectivity index (χ1) is 61.7. The number of nitrogens with two attached hydrogens (primary N) is 2. The summed E-state index contributed by atoms with van der Waals surface area (Å²) in [6.07, 6.45) is -9.11. The second-order valence-corrected chi connectivity index (χ2v) is 40.0. The van der Waals surface area contributed by atoms with Crippen molar-refractivity contribution in [2.45, 2.75) is 259 Å². The number of amides is 8. The minimum absolute atomic E-state index is 0.0220. The Kier molecular flexibility index (Phi) is 28.6. The normalized spacial score (nSPS) is 31.6. The van der Waals surface area contributed by atoms with Crippen molar-refractivity contribution in [3.63, 3.8) is 0 Å². The van der Waals surface area contributed by atoms with Crippen LogP contribution in [0.25, 0.3) is 11.1 Å². The van der Waals surface area contributed by atoms with Gasteiger partial charge in [-0.3, -0.25) is 43.3 Å². The second kappa shape index (κ2) is 38.9. The number of primary amides is 1. The number of hydrogen-bond donors (Lipinski definition) is 19. The Morgan fingerprint density at radius 1 is 0.715 bits per heavy atom. The number of phenols is 1. The average Bonchev–Trinajstić information content (AvgIpc) is 1.54. The molecule has 13 aliphatic rings. The summed E-state index contributed by atoms with van der Waals surface area (Å²) in [7, 11) is -2.38. The molecule has 18 atom stereocenters. The van der Waals surface area contributed by atoms with E-state index >= 15 is 28.8 Å². The Morgan fingerprint density at radius 2 is 1.34 bits per heavy atom. The van der Waals surface area contributed by atoms with E-state index in [9.17, 15) is 64.0 Å². The Bertz CT molecular complexity index is 5260. The fourth-order valence-corrected chi connectivity index (χ4v) is 22.6. The molecule has 0 spiro atoms. The number of aliphatic hydroxyl groups excluding tert-OH is 6. The fraction of sp³-hybridized carbons (Fsp3) is 0.578. The number of carbonyl (C=O) groups excluding carboxylic acids is 8. The van der Waals surface area contributed by atoms with E-state index in [1.807, 2.05) is 13.8 Å². The van der Waals surface area contributed by atoms with E-state index in [1.54, 1.807) is 4.90 Å². The third-order valence-electron chi connectivity index (χ3n) is 27.2. The van der Waals surface area contributed by atoms with Crippen LogP contribution >= 0.6 is 23.2 Å². The van der Waals surface area contributed by atoms with E-state index in [0.717, 1.165) is 82.1 Å². The predicted molar refractivity (Wildman–Crippen MR) is 466 cm³/mol. The predicted octanol–water partition coefficient (Wildman–Crippen LogP) is 3.21. The number of benzene rings is 5. The monoisotopic (exact) mass is 1870 g/mol. The van der Waals surface area contributed by atoms with Gasteiger partial charge in [0.25, 0.3) is 0 Å². The van der Waals surface area contributed by atoms with E-state index < -0.39 is 231 Å². The number of phenolic OH excluding ortho intramolecular Hbond substituents is 1. The van der Waals surface area contributed by atoms with Gasteiger partial charge in [0.2, 0.25) is 75.1 Å². The molecule has 7 fully saturated rings. The van der Waals surface area contributed by atoms with Gasteiger partial charge in [-0.05, 0) is 189 Å². The Labute approximate surface area is 761 Å². The SMILES string of the molecule is CCCCCCCCS(=O)(=O)N1CCCN(Cc2c(O)cc3c4c2C(O)(O)c2ccc(cc2-4)[C@H]2NC(=O)[C@@H]4NC(=O)[C@H](CC(N)=O)NC(=O)[C@H](NC(=O)[C@@H](CC(C)C)NC)[C@H](O)c5ccc(c(Cl)c5)Oc5cc4cc(c5O[C@@H]4O[C@H](CO)[C@@H](O)[C@H](O)[C@H]4O[C@H]4C[C@](C)(N)[C@H](O)[C@H](C)O4)Oc4ccc(cc4Cl)[C@@H](O)[C@H](NC2=O)C(=O)N[C@@H]3C(=O)NC2C3CC4CC(C3)CC2C4)C1. The van der Waals surface area contributed by atoms with Gasteiger partial charge in [-0.2, -0.15) is 4.31 Å². The molecule has 8 heterocycles. The number of nitrogens with zero attached hydrogens (tertiary/aromatic N) is 2. The molecule has 0 unspecified atom stereocenters. The number of hydrogen-bond acceptors (Lipinski definition) is 28. The molecule has 21 N–H and O–H groups in total. The minimum Gasteiger partial charge on any atom is -0.508 e. The van der Waals surface area contributed by atoms with Crippen molar-refractivity contribution in [2.75, 3.05) is 39.2 Å². The number of likely N-dealkylation sites (N-methyl/N-ethyl adjacent to an activating group) is 1. The van der Waals surface area contributed by atoms with E-state index in [1.165, 1.54) is 73.7 Å². The van der Waals surface area contributed by atoms with E-state index in [2.05, 4.69) is 49.5 Å². The average molecular weight is 1870 g/mol. The third-order valence-corrected chi connectivity index (χ3v) is 29.6. The summed E-state index contributed by atoms with van der Waals surface area (Å²) in [6.45, 7) is 7.68. The molecule has 130 heavy (non-hydrogen) atoms. The van der Waals surface area contributed by atoms with Crippen LogP contribution in [0.2, 0.25) is 10.0 Å². The van der Waals surface area contributed by atoms with Gasteiger partial charge in [0, 0.05) is 54.3 Å². The summed E-state index contributed by atoms with van der Waals surface area (Å²) in [5, 5.41) is 132. The number of rotatable bonds is 24. The molecule has 3 saturated heterocycles. The maximum atomic E-state index is 16.7. The van der Waals surface area contributed by atoms with Crippen LogP contribution in [0.3, 0.4) is 0 Å². The molecule has 18 rings (SSSR count). The van der Waals surface area contributed by atoms with Crippen molar-refractivity contribution in [3.8, 4) is 45.6 Å². The lowest BCUT2D eigenvalue weighted by molar-refractivity contribution is -0.333. The maximum Gasteiger partial charge on any atom is 0.248 e. The van der Waals surface area contributed by atoms with Crippen molar-refractivity contribution >= 4 is 80.5 Å². The van der Waals surface area contributed by atoms with Crippen LogP contribution in [-0.4, -0.2) is 235 Å². The summed E-state index contributed by atoms with van der Waals surface area (Å²) in [4.78, 5) is 126. The topological polar surface area (TPSA) is 563 Å². The van der Waals surface area contributed by atoms with Crippen LogP contribution in [0.1, 0.15) is 206 Å². The summed E-state index contributed by atoms with van der Waals surface area (Å²) in [5.74, 6) is -15.3. The maximum absolute atomic E-state index is 16.7. The molecule has 5 aromatic carbocycles. The molecule has 15 bridgehead atoms. The van der Waals surface area contributed by atoms with Crippen molar-refractivity contribution in [1.82, 2.24) is 51.7 Å². The smallest absolute Gasteiger partial charge is 0.248 e. The summed E-state index contributed by atoms with van der Waals surface area (Å²) < 4.78 is 68.8. The molecule has 4 saturated carbocycles. The minimum atomic E-state index is -3.87. The first kappa shape index (κ1) is 95.6. The van der Waals surface area contributed by atoms with Gasteiger partial charge in [-0.1, -0.05) is 100 Å². The molecule has 5 aromatic rings. The number of nitrogens with one attached hydrogen (secondary N) is 8. The quantitative estimate of drug-likeness (QED) is 0.0311. The zero-order chi connectivity index (χ0) is 93.2. The highest BCUT2D eigenvalue weighted by atomic mass is 35.5. The third kappa shape index (κ3) is 19.7. The fourth-order valence-electron chi connectivity index (χ4n) is 20.6. The summed E-state index contributed by atoms with van der Waals surface area (Å²) in [5.41, 5.74) is 8.55. The van der Waals surface area contributed by atoms with Gasteiger partial charge >= 0.3 is 0 Å². The molecule has 0 aromatic heterocycles. The first-order valence-corrected chi connectivity index (χ1v) is 46.9. The molecular formula is C90H116Cl2N12O25S. The van der Waals surface area contributed by atoms with Gasteiger partial charge in [0.1, 0.15) is 84.0 Å². The highest BCUT2D eigenvalue weighted by Crippen LogP contribution is 2.57. The first-order valence-electron chi connectivity index (χ1n) is 44.6. The molecule has 706 valence electrons. The lowest BCUT2D eigenvalue weighted by Gasteiger charge is -2.54. The van der Waals surface area contributed by atoms with Crippen LogP contribution in [0.15, 0.2) is 72.8 Å². The van der Waals surface area contributed by atoms with E-state index in [4.69, 9.17) is 63.1 Å². The number of aliphatic hydroxyl groups is 8. The lowest BCUT2D eigenvalue weighted by atomic mass is 9.54. The molecule has 8 amide bonds. The highest BCUT2D eigenvalue weighted by Gasteiger charge is 2.55. The number of fused-ring (bicyclic) bond motifs is 12. The van der Waals surface area contributed by atoms with E-state index in [-0.39, 0.29) is 124 Å². The zero-order valence-electron chi connectivity index (χ0n) is 72.8. The molecular weight excluding hydrogens is 1750 g/mol. The molecule has 40 heteroatoms. The highest BCUT2D eigenvalue weighted by molar-refractivity contribution is 7.89. The van der Waals surface area contributed by atoms with Crippen LogP contribution in [-0.2, 0) is 74.9 Å². The number of aromatic hydroxyl groups is 1. The van der Waals surface area contributed by atoms with Crippen LogP contribution in [0.4, 0.5) is 0 Å². The Balaban J connectivity index is 0.919. The van der Waals surface area contributed by atoms with Crippen LogP contribution in [0, 0.1) is 29.6 Å². The molecule has 0 radical (unpaired) electrons. The van der Waals surface area contributed by atoms with Gasteiger partial charge in [-0.25, -0.2) is 8.42 Å². The van der Waals surface area contributed by atoms with Crippen molar-refractivity contribution in [1.29, 1.82) is 0 Å². The largest absolute Gasteiger partial charge is 0.508 e. The molecule has 8 aliphatic heterocycles. The molecule has 37 nitrogen and oxygen atoms in total. The summed E-state index contributed by atoms with van der Waals surface area (Å²) in [6, 6.07) is -0.221. The second-order valence-electron chi connectivity index (χ2n) is 37.1. The van der Waals surface area contributed by atoms with Gasteiger partial charge in [0.15, 0.2) is 23.9 Å². The Morgan fingerprint density at radius 3 is 1.96 bits per heavy atom. The van der Waals surface area contributed by atoms with Crippen molar-refractivity contribution in [2.24, 2.45) is 41.1 Å². The lowest BCUT2D eigenvalue weighted by Crippen LogP contribution is -2.64. The summed E-state index contributed by atoms with van der Waals surface area (Å²) >= 11 is 14.5. The van der Waals surface area contributed by atoms with Gasteiger partial charge < -0.3 is 128 Å². The number of halogens is 2. The van der Waals surface area contributed by atoms with Crippen LogP contribution < -0.4 is 68.2 Å². The van der Waals surface area contributed by atoms with Gasteiger partial charge in [-0.15, -0.1) is 0 Å². The number of ether oxygens (including phenoxy) is 6. The number of unbranched alkanes of at least 4 members (excludes halogenated alkanes) is 5. The zero-order valence-corrected chi connectivity index (χ0v) is 75.2. The molecule has 5 aliphatic carbocycles. The number of sulfonamides is 1. The van der Waals surface area contributed by atoms with Crippen molar-refractivity contribution in [3.05, 3.63) is 127 Å². The standard InChI is InChI=1S/C90H116Cl2N12O25S/c1-7-8-9-10-11-12-22-130(122,123)104-21-13-20-103(39-104)37-52-58(106)34-51-66-50-29-44(14-17-53(50)90(120,121)67(52)66)69-83(115)102-73(87(119)100-71(51)85(117)97-68-47-25-42-24-43(27-47)28-48(68)26-42)75(109)46-16-19-60(55(92)31-46)126-62-33-49-32-61(78(62)129-88-79(77(111)76(110)63(38-105)127-88)128-65-36-89(5,94)80(112)41(4)124-65)125-59-18-15-45(30-54(59)91)74(108)72(101-81(113)56(95-6)23-40(2)3)86(118)96-57(35-64(93)107)82(114)98-70(49)84(116)99-69/h14-19,29-34,40-43,47-48,56-57,63,65,68-77,79-80,88,95,105-106,108-112,120-121H,7-13,20-28,35-39,94H2,1-6H3,(H2,93,107)(H,96,118)(H,97,117)(H,98,114)(H,99,116)(H,100,119)(H,101,113)(H,102,115)/t41-,42?,43?,47?,48?,56+,57-,63+,65-,68?,69+,70+,71-,72+,73-,74+,75+,76+,77-,79+,80+,88-,89-/m0/s1. The van der Waals surface area contributed by atoms with Gasteiger partial charge in [0.05, 0.1) is 53.7 Å².